The molecule has 0 heterocycles. The normalized spacial score (nSPS) is 15.6. The van der Waals surface area contributed by atoms with Crippen molar-refractivity contribution in [2.45, 2.75) is 12.5 Å². The molecule has 0 aliphatic carbocycles. The average molecular weight is 266 g/mol. The smallest absolute Gasteiger partial charge is 0.328 e. The van der Waals surface area contributed by atoms with Gasteiger partial charge in [-0.25, -0.2) is 9.59 Å². The molecule has 0 bridgehead atoms. The van der Waals surface area contributed by atoms with E-state index in [-0.39, 0.29) is 12.6 Å². The van der Waals surface area contributed by atoms with Gasteiger partial charge in [-0.2, -0.15) is 0 Å². The Bertz CT molecular complexity index is 325. The molecule has 2 atom stereocenters. The minimum Gasteiger partial charge on any atom is -0.467 e. The van der Waals surface area contributed by atoms with Gasteiger partial charge in [0.2, 0.25) is 0 Å². The third kappa shape index (κ3) is 6.97. The maximum absolute atomic E-state index is 11.4. The highest BCUT2D eigenvalue weighted by Gasteiger charge is 2.24. The van der Waals surface area contributed by atoms with Gasteiger partial charge in [0.15, 0.2) is 7.37 Å². The first-order valence-electron chi connectivity index (χ1n) is 5.02. The molecular formula is C9H19N2O5P. The van der Waals surface area contributed by atoms with Crippen molar-refractivity contribution in [2.75, 3.05) is 34.0 Å². The van der Waals surface area contributed by atoms with Crippen LogP contribution in [0, 0.1) is 0 Å². The first kappa shape index (κ1) is 15.9. The van der Waals surface area contributed by atoms with Crippen LogP contribution in [0.5, 0.6) is 0 Å². The number of esters is 1. The Labute approximate surface area is 101 Å². The number of rotatable bonds is 5. The Morgan fingerprint density at radius 2 is 2.00 bits per heavy atom. The summed E-state index contributed by atoms with van der Waals surface area (Å²) in [7, 11) is 1.04. The summed E-state index contributed by atoms with van der Waals surface area (Å²) in [5.74, 6) is -0.631. The molecule has 0 fully saturated rings. The van der Waals surface area contributed by atoms with Crippen LogP contribution < -0.4 is 5.32 Å². The van der Waals surface area contributed by atoms with Crippen LogP contribution in [0.2, 0.25) is 0 Å². The third-order valence-electron chi connectivity index (χ3n) is 2.02. The van der Waals surface area contributed by atoms with E-state index < -0.39 is 25.4 Å². The van der Waals surface area contributed by atoms with E-state index in [9.17, 15) is 14.2 Å². The number of hydrogen-bond acceptors (Lipinski definition) is 4. The number of carbonyl (C=O) groups excluding carboxylic acids is 2. The topological polar surface area (TPSA) is 95.9 Å². The first-order chi connectivity index (χ1) is 7.67. The number of methoxy groups -OCH3 is 1. The second kappa shape index (κ2) is 6.61. The van der Waals surface area contributed by atoms with E-state index >= 15 is 0 Å². The van der Waals surface area contributed by atoms with Gasteiger partial charge in [0, 0.05) is 26.9 Å². The number of amides is 2. The Hall–Kier alpha value is -1.07. The van der Waals surface area contributed by atoms with Gasteiger partial charge in [-0.15, -0.1) is 0 Å². The fraction of sp³-hybridized carbons (Fsp3) is 0.778. The van der Waals surface area contributed by atoms with Crippen molar-refractivity contribution in [1.82, 2.24) is 10.2 Å². The molecule has 8 heteroatoms. The Morgan fingerprint density at radius 3 is 2.35 bits per heavy atom. The molecule has 2 amide bonds. The van der Waals surface area contributed by atoms with Crippen LogP contribution in [0.15, 0.2) is 0 Å². The molecule has 0 aromatic carbocycles. The van der Waals surface area contributed by atoms with Crippen molar-refractivity contribution in [3.63, 3.8) is 0 Å². The quantitative estimate of drug-likeness (QED) is 0.543. The molecule has 2 unspecified atom stereocenters. The van der Waals surface area contributed by atoms with Crippen molar-refractivity contribution in [2.24, 2.45) is 0 Å². The predicted octanol–water partition coefficient (Wildman–Crippen LogP) is 0.0895. The van der Waals surface area contributed by atoms with Gasteiger partial charge in [-0.3, -0.25) is 4.57 Å². The van der Waals surface area contributed by atoms with Crippen molar-refractivity contribution in [3.8, 4) is 0 Å². The summed E-state index contributed by atoms with van der Waals surface area (Å²) in [6, 6.07) is -1.36. The molecule has 0 aliphatic heterocycles. The van der Waals surface area contributed by atoms with Crippen LogP contribution in [-0.2, 0) is 14.1 Å². The maximum Gasteiger partial charge on any atom is 0.328 e. The molecule has 0 aliphatic rings. The van der Waals surface area contributed by atoms with Crippen LogP contribution in [0.4, 0.5) is 4.79 Å². The van der Waals surface area contributed by atoms with Crippen LogP contribution in [0.1, 0.15) is 6.42 Å². The number of hydrogen-bond donors (Lipinski definition) is 2. The molecule has 0 radical (unpaired) electrons. The van der Waals surface area contributed by atoms with Gasteiger partial charge in [-0.05, 0) is 6.42 Å². The molecule has 2 N–H and O–H groups in total. The zero-order chi connectivity index (χ0) is 13.6. The molecule has 0 saturated carbocycles. The van der Waals surface area contributed by atoms with Crippen LogP contribution in [0.3, 0.4) is 0 Å². The lowest BCUT2D eigenvalue weighted by Gasteiger charge is -2.19. The minimum absolute atomic E-state index is 0.0551. The van der Waals surface area contributed by atoms with E-state index in [2.05, 4.69) is 10.1 Å². The van der Waals surface area contributed by atoms with Crippen molar-refractivity contribution in [1.29, 1.82) is 0 Å². The summed E-state index contributed by atoms with van der Waals surface area (Å²) in [5, 5.41) is 2.42. The highest BCUT2D eigenvalue weighted by atomic mass is 31.2. The largest absolute Gasteiger partial charge is 0.467 e. The van der Waals surface area contributed by atoms with Gasteiger partial charge in [0.25, 0.3) is 0 Å². The molecule has 7 nitrogen and oxygen atoms in total. The van der Waals surface area contributed by atoms with Crippen molar-refractivity contribution < 1.29 is 23.8 Å². The molecule has 0 rings (SSSR count). The number of nitrogens with one attached hydrogen (secondary N) is 1. The lowest BCUT2D eigenvalue weighted by Crippen LogP contribution is -2.46. The molecule has 0 aromatic heterocycles. The summed E-state index contributed by atoms with van der Waals surface area (Å²) in [5.41, 5.74) is 0. The minimum atomic E-state index is -3.21. The van der Waals surface area contributed by atoms with Gasteiger partial charge in [0.1, 0.15) is 6.04 Å². The highest BCUT2D eigenvalue weighted by molar-refractivity contribution is 7.57. The summed E-state index contributed by atoms with van der Waals surface area (Å²) < 4.78 is 15.6. The average Bonchev–Trinajstić information content (AvgIpc) is 2.21. The number of urea groups is 1. The Balaban J connectivity index is 4.50. The first-order valence-corrected chi connectivity index (χ1v) is 7.31. The highest BCUT2D eigenvalue weighted by Crippen LogP contribution is 2.36. The molecule has 0 aromatic rings. The van der Waals surface area contributed by atoms with Crippen LogP contribution in [0.25, 0.3) is 0 Å². The summed E-state index contributed by atoms with van der Waals surface area (Å²) >= 11 is 0. The molecule has 0 spiro atoms. The monoisotopic (exact) mass is 266 g/mol. The molecule has 100 valence electrons. The van der Waals surface area contributed by atoms with E-state index in [1.807, 2.05) is 0 Å². The SMILES string of the molecule is COC(=O)C(CCP(C)(=O)O)NC(=O)N(C)C. The second-order valence-electron chi connectivity index (χ2n) is 3.98. The lowest BCUT2D eigenvalue weighted by molar-refractivity contribution is -0.142. The third-order valence-corrected chi connectivity index (χ3v) is 3.11. The predicted molar refractivity (Wildman–Crippen MR) is 63.3 cm³/mol. The van der Waals surface area contributed by atoms with E-state index in [4.69, 9.17) is 4.89 Å². The van der Waals surface area contributed by atoms with E-state index in [0.29, 0.717) is 0 Å². The van der Waals surface area contributed by atoms with Gasteiger partial charge >= 0.3 is 12.0 Å². The molecule has 17 heavy (non-hydrogen) atoms. The fourth-order valence-electron chi connectivity index (χ4n) is 1.04. The Morgan fingerprint density at radius 1 is 1.47 bits per heavy atom. The fourth-order valence-corrected chi connectivity index (χ4v) is 1.78. The van der Waals surface area contributed by atoms with E-state index in [0.717, 1.165) is 0 Å². The van der Waals surface area contributed by atoms with Gasteiger partial charge in [-0.1, -0.05) is 0 Å². The van der Waals surface area contributed by atoms with E-state index in [1.165, 1.54) is 32.8 Å². The summed E-state index contributed by atoms with van der Waals surface area (Å²) in [6.45, 7) is 1.20. The van der Waals surface area contributed by atoms with Crippen LogP contribution in [-0.4, -0.2) is 61.9 Å². The van der Waals surface area contributed by atoms with Gasteiger partial charge < -0.3 is 19.8 Å². The maximum atomic E-state index is 11.4. The number of nitrogens with zero attached hydrogens (tertiary/aromatic N) is 1. The van der Waals surface area contributed by atoms with E-state index in [1.54, 1.807) is 0 Å². The summed E-state index contributed by atoms with van der Waals surface area (Å²) in [4.78, 5) is 33.1. The Kier molecular flexibility index (Phi) is 6.20. The molecule has 0 saturated heterocycles. The second-order valence-corrected chi connectivity index (χ2v) is 6.53. The number of ether oxygens (including phenoxy) is 1. The zero-order valence-corrected chi connectivity index (χ0v) is 11.4. The standard InChI is InChI=1S/C9H19N2O5P/c1-11(2)9(13)10-7(8(12)16-3)5-6-17(4,14)15/h7H,5-6H2,1-4H3,(H,10,13)(H,14,15). The van der Waals surface area contributed by atoms with Crippen molar-refractivity contribution in [3.05, 3.63) is 0 Å². The van der Waals surface area contributed by atoms with Gasteiger partial charge in [0.05, 0.1) is 7.11 Å². The number of carbonyl (C=O) groups is 2. The lowest BCUT2D eigenvalue weighted by atomic mass is 10.2. The molecular weight excluding hydrogens is 247 g/mol. The zero-order valence-electron chi connectivity index (χ0n) is 10.5. The van der Waals surface area contributed by atoms with Crippen LogP contribution >= 0.6 is 7.37 Å². The van der Waals surface area contributed by atoms with Crippen molar-refractivity contribution >= 4 is 19.4 Å². The summed E-state index contributed by atoms with van der Waals surface area (Å²) in [6.07, 6.45) is 0.0109.